The van der Waals surface area contributed by atoms with Gasteiger partial charge in [-0.1, -0.05) is 0 Å². The molecule has 0 heterocycles. The normalized spacial score (nSPS) is 15.1. The van der Waals surface area contributed by atoms with E-state index in [1.54, 1.807) is 12.1 Å². The van der Waals surface area contributed by atoms with Gasteiger partial charge in [0.05, 0.1) is 18.8 Å². The molecule has 0 aliphatic heterocycles. The summed E-state index contributed by atoms with van der Waals surface area (Å²) in [6.45, 7) is 0. The molecule has 1 saturated carbocycles. The van der Waals surface area contributed by atoms with Gasteiger partial charge in [-0.25, -0.2) is 4.79 Å². The Balaban J connectivity index is 2.46. The van der Waals surface area contributed by atoms with Crippen molar-refractivity contribution in [3.63, 3.8) is 0 Å². The van der Waals surface area contributed by atoms with E-state index in [-0.39, 0.29) is 17.4 Å². The SMILES string of the molecule is COc1ccc(Br)c(C(=O)C(=O)O)c1OC1CCCC1. The summed E-state index contributed by atoms with van der Waals surface area (Å²) in [4.78, 5) is 22.8. The molecule has 108 valence electrons. The van der Waals surface area contributed by atoms with Crippen LogP contribution in [0, 0.1) is 0 Å². The van der Waals surface area contributed by atoms with E-state index in [1.807, 2.05) is 0 Å². The molecule has 0 bridgehead atoms. The van der Waals surface area contributed by atoms with Gasteiger partial charge in [0.1, 0.15) is 0 Å². The van der Waals surface area contributed by atoms with Gasteiger partial charge in [0.15, 0.2) is 11.5 Å². The molecule has 20 heavy (non-hydrogen) atoms. The minimum absolute atomic E-state index is 0.00135. The van der Waals surface area contributed by atoms with Crippen molar-refractivity contribution in [2.45, 2.75) is 31.8 Å². The summed E-state index contributed by atoms with van der Waals surface area (Å²) < 4.78 is 11.4. The van der Waals surface area contributed by atoms with Crippen LogP contribution in [-0.4, -0.2) is 30.1 Å². The standard InChI is InChI=1S/C14H15BrO5/c1-19-10-7-6-9(15)11(12(16)14(17)18)13(10)20-8-4-2-3-5-8/h6-8H,2-5H2,1H3,(H,17,18). The maximum Gasteiger partial charge on any atom is 0.377 e. The van der Waals surface area contributed by atoms with Crippen LogP contribution in [0.5, 0.6) is 11.5 Å². The number of carbonyl (C=O) groups is 2. The number of aliphatic carboxylic acids is 1. The zero-order valence-electron chi connectivity index (χ0n) is 11.0. The molecule has 5 nitrogen and oxygen atoms in total. The molecule has 0 unspecified atom stereocenters. The highest BCUT2D eigenvalue weighted by Gasteiger charge is 2.28. The first-order chi connectivity index (χ1) is 9.54. The molecule has 0 atom stereocenters. The fourth-order valence-electron chi connectivity index (χ4n) is 2.31. The summed E-state index contributed by atoms with van der Waals surface area (Å²) in [5.41, 5.74) is 0.00347. The lowest BCUT2D eigenvalue weighted by atomic mass is 10.1. The smallest absolute Gasteiger partial charge is 0.377 e. The van der Waals surface area contributed by atoms with Crippen LogP contribution in [0.3, 0.4) is 0 Å². The van der Waals surface area contributed by atoms with Crippen molar-refractivity contribution in [1.82, 2.24) is 0 Å². The molecule has 6 heteroatoms. The molecule has 1 aliphatic rings. The Morgan fingerprint density at radius 1 is 1.30 bits per heavy atom. The molecule has 1 fully saturated rings. The summed E-state index contributed by atoms with van der Waals surface area (Å²) in [5, 5.41) is 8.94. The number of halogens is 1. The highest BCUT2D eigenvalue weighted by Crippen LogP contribution is 2.39. The van der Waals surface area contributed by atoms with Crippen LogP contribution in [0.2, 0.25) is 0 Å². The Bertz CT molecular complexity index is 535. The van der Waals surface area contributed by atoms with Crippen molar-refractivity contribution in [2.24, 2.45) is 0 Å². The molecule has 1 aromatic carbocycles. The quantitative estimate of drug-likeness (QED) is 0.657. The zero-order chi connectivity index (χ0) is 14.7. The molecule has 0 radical (unpaired) electrons. The lowest BCUT2D eigenvalue weighted by molar-refractivity contribution is -0.131. The van der Waals surface area contributed by atoms with Crippen LogP contribution in [0.1, 0.15) is 36.0 Å². The maximum atomic E-state index is 11.9. The van der Waals surface area contributed by atoms with E-state index in [0.717, 1.165) is 25.7 Å². The van der Waals surface area contributed by atoms with Crippen molar-refractivity contribution in [3.05, 3.63) is 22.2 Å². The van der Waals surface area contributed by atoms with E-state index < -0.39 is 11.8 Å². The van der Waals surface area contributed by atoms with Crippen LogP contribution in [0.25, 0.3) is 0 Å². The summed E-state index contributed by atoms with van der Waals surface area (Å²) in [7, 11) is 1.46. The summed E-state index contributed by atoms with van der Waals surface area (Å²) in [6, 6.07) is 3.23. The number of carboxylic acids is 1. The second-order valence-corrected chi connectivity index (χ2v) is 5.47. The Kier molecular flexibility index (Phi) is 4.65. The highest BCUT2D eigenvalue weighted by atomic mass is 79.9. The molecule has 1 aliphatic carbocycles. The average molecular weight is 343 g/mol. The minimum Gasteiger partial charge on any atom is -0.493 e. The van der Waals surface area contributed by atoms with E-state index in [4.69, 9.17) is 14.6 Å². The fraction of sp³-hybridized carbons (Fsp3) is 0.429. The summed E-state index contributed by atoms with van der Waals surface area (Å²) >= 11 is 3.21. The summed E-state index contributed by atoms with van der Waals surface area (Å²) in [6.07, 6.45) is 3.94. The largest absolute Gasteiger partial charge is 0.493 e. The van der Waals surface area contributed by atoms with Crippen molar-refractivity contribution in [2.75, 3.05) is 7.11 Å². The molecule has 2 rings (SSSR count). The van der Waals surface area contributed by atoms with E-state index in [0.29, 0.717) is 10.2 Å². The van der Waals surface area contributed by atoms with Gasteiger partial charge in [-0.2, -0.15) is 0 Å². The van der Waals surface area contributed by atoms with Gasteiger partial charge in [0.25, 0.3) is 5.78 Å². The molecule has 1 aromatic rings. The summed E-state index contributed by atoms with van der Waals surface area (Å²) in [5.74, 6) is -1.95. The minimum atomic E-state index is -1.52. The third-order valence-electron chi connectivity index (χ3n) is 3.30. The molecule has 0 amide bonds. The van der Waals surface area contributed by atoms with Gasteiger partial charge in [-0.3, -0.25) is 4.79 Å². The number of hydrogen-bond donors (Lipinski definition) is 1. The van der Waals surface area contributed by atoms with Crippen molar-refractivity contribution < 1.29 is 24.2 Å². The van der Waals surface area contributed by atoms with Gasteiger partial charge >= 0.3 is 5.97 Å². The number of carboxylic acid groups (broad SMARTS) is 1. The zero-order valence-corrected chi connectivity index (χ0v) is 12.6. The van der Waals surface area contributed by atoms with Crippen LogP contribution in [-0.2, 0) is 4.79 Å². The van der Waals surface area contributed by atoms with Crippen molar-refractivity contribution >= 4 is 27.7 Å². The van der Waals surface area contributed by atoms with E-state index in [9.17, 15) is 9.59 Å². The third kappa shape index (κ3) is 2.95. The fourth-order valence-corrected chi connectivity index (χ4v) is 2.80. The predicted molar refractivity (Wildman–Crippen MR) is 75.5 cm³/mol. The molecular formula is C14H15BrO5. The van der Waals surface area contributed by atoms with Gasteiger partial charge in [0, 0.05) is 4.47 Å². The number of ether oxygens (including phenoxy) is 2. The number of hydrogen-bond acceptors (Lipinski definition) is 4. The van der Waals surface area contributed by atoms with Gasteiger partial charge in [-0.15, -0.1) is 0 Å². The number of rotatable bonds is 5. The van der Waals surface area contributed by atoms with Gasteiger partial charge in [-0.05, 0) is 53.7 Å². The lowest BCUT2D eigenvalue weighted by Crippen LogP contribution is -2.19. The maximum absolute atomic E-state index is 11.9. The number of Topliss-reactive ketones (excluding diaryl/α,β-unsaturated/α-hetero) is 1. The Morgan fingerprint density at radius 2 is 1.95 bits per heavy atom. The Morgan fingerprint density at radius 3 is 2.50 bits per heavy atom. The van der Waals surface area contributed by atoms with Crippen molar-refractivity contribution in [1.29, 1.82) is 0 Å². The van der Waals surface area contributed by atoms with Crippen LogP contribution >= 0.6 is 15.9 Å². The Labute approximate surface area is 125 Å². The third-order valence-corrected chi connectivity index (χ3v) is 3.96. The first kappa shape index (κ1) is 14.8. The van der Waals surface area contributed by atoms with Gasteiger partial charge in [0.2, 0.25) is 0 Å². The molecule has 0 saturated heterocycles. The predicted octanol–water partition coefficient (Wildman–Crippen LogP) is 3.05. The van der Waals surface area contributed by atoms with E-state index >= 15 is 0 Å². The first-order valence-corrected chi connectivity index (χ1v) is 7.14. The van der Waals surface area contributed by atoms with Gasteiger partial charge < -0.3 is 14.6 Å². The Hall–Kier alpha value is -1.56. The van der Waals surface area contributed by atoms with Crippen LogP contribution in [0.4, 0.5) is 0 Å². The second kappa shape index (κ2) is 6.26. The molecule has 0 aromatic heterocycles. The second-order valence-electron chi connectivity index (χ2n) is 4.61. The van der Waals surface area contributed by atoms with E-state index in [1.165, 1.54) is 7.11 Å². The molecule has 0 spiro atoms. The molecule has 1 N–H and O–H groups in total. The van der Waals surface area contributed by atoms with Crippen LogP contribution in [0.15, 0.2) is 16.6 Å². The monoisotopic (exact) mass is 342 g/mol. The molecular weight excluding hydrogens is 328 g/mol. The topological polar surface area (TPSA) is 72.8 Å². The van der Waals surface area contributed by atoms with Crippen molar-refractivity contribution in [3.8, 4) is 11.5 Å². The number of ketones is 1. The number of methoxy groups -OCH3 is 1. The highest BCUT2D eigenvalue weighted by molar-refractivity contribution is 9.10. The first-order valence-electron chi connectivity index (χ1n) is 6.35. The lowest BCUT2D eigenvalue weighted by Gasteiger charge is -2.19. The van der Waals surface area contributed by atoms with Crippen LogP contribution < -0.4 is 9.47 Å². The average Bonchev–Trinajstić information content (AvgIpc) is 2.91. The van der Waals surface area contributed by atoms with E-state index in [2.05, 4.69) is 15.9 Å². The number of benzene rings is 1. The number of carbonyl (C=O) groups excluding carboxylic acids is 1.